The smallest absolute Gasteiger partial charge is 0.402 e. The summed E-state index contributed by atoms with van der Waals surface area (Å²) in [5, 5.41) is 0. The minimum Gasteiger partial charge on any atom is -0.431 e. The van der Waals surface area contributed by atoms with E-state index < -0.39 is 36.9 Å². The van der Waals surface area contributed by atoms with Crippen molar-refractivity contribution in [1.29, 1.82) is 0 Å². The number of carbonyl (C=O) groups excluding carboxylic acids is 2. The standard InChI is InChI=1S/C10H15F3O5/c1-4-16-6(2)17-7(3)18-9(15)10(12,13)8(14)5-11/h6-7H,4-5H2,1-3H3. The van der Waals surface area contributed by atoms with Crippen molar-refractivity contribution in [3.8, 4) is 0 Å². The number of esters is 1. The Kier molecular flexibility index (Phi) is 6.85. The Morgan fingerprint density at radius 3 is 2.22 bits per heavy atom. The van der Waals surface area contributed by atoms with Crippen LogP contribution in [0, 0.1) is 0 Å². The van der Waals surface area contributed by atoms with E-state index >= 15 is 0 Å². The van der Waals surface area contributed by atoms with E-state index in [0.717, 1.165) is 0 Å². The van der Waals surface area contributed by atoms with Crippen LogP contribution in [0.1, 0.15) is 20.8 Å². The zero-order valence-electron chi connectivity index (χ0n) is 10.2. The first-order valence-electron chi connectivity index (χ1n) is 5.20. The average Bonchev–Trinajstić information content (AvgIpc) is 2.27. The summed E-state index contributed by atoms with van der Waals surface area (Å²) in [7, 11) is 0. The predicted octanol–water partition coefficient (Wildman–Crippen LogP) is 1.45. The molecule has 0 radical (unpaired) electrons. The van der Waals surface area contributed by atoms with Crippen LogP contribution in [0.15, 0.2) is 0 Å². The Hall–Kier alpha value is -1.15. The van der Waals surface area contributed by atoms with Gasteiger partial charge in [0.15, 0.2) is 13.0 Å². The molecule has 0 aromatic heterocycles. The fourth-order valence-electron chi connectivity index (χ4n) is 0.994. The molecule has 0 fully saturated rings. The van der Waals surface area contributed by atoms with E-state index in [9.17, 15) is 22.8 Å². The van der Waals surface area contributed by atoms with Crippen LogP contribution in [0.3, 0.4) is 0 Å². The molecule has 2 atom stereocenters. The molecular formula is C10H15F3O5. The predicted molar refractivity (Wildman–Crippen MR) is 53.7 cm³/mol. The van der Waals surface area contributed by atoms with Gasteiger partial charge in [0, 0.05) is 6.61 Å². The molecular weight excluding hydrogens is 257 g/mol. The van der Waals surface area contributed by atoms with E-state index in [0.29, 0.717) is 6.61 Å². The quantitative estimate of drug-likeness (QED) is 0.380. The third-order valence-electron chi connectivity index (χ3n) is 1.79. The molecule has 0 aliphatic rings. The number of Topliss-reactive ketones (excluding diaryl/α,β-unsaturated/α-hetero) is 1. The van der Waals surface area contributed by atoms with Gasteiger partial charge < -0.3 is 14.2 Å². The third-order valence-corrected chi connectivity index (χ3v) is 1.79. The van der Waals surface area contributed by atoms with E-state index in [1.54, 1.807) is 6.92 Å². The molecule has 0 spiro atoms. The molecule has 0 bridgehead atoms. The van der Waals surface area contributed by atoms with Crippen LogP contribution >= 0.6 is 0 Å². The lowest BCUT2D eigenvalue weighted by atomic mass is 10.2. The maximum absolute atomic E-state index is 12.9. The summed E-state index contributed by atoms with van der Waals surface area (Å²) in [6.07, 6.45) is -2.12. The lowest BCUT2D eigenvalue weighted by Gasteiger charge is -2.20. The first-order chi connectivity index (χ1) is 8.25. The highest BCUT2D eigenvalue weighted by Crippen LogP contribution is 2.19. The van der Waals surface area contributed by atoms with E-state index in [1.165, 1.54) is 13.8 Å². The summed E-state index contributed by atoms with van der Waals surface area (Å²) in [6, 6.07) is 0. The zero-order chi connectivity index (χ0) is 14.3. The fraction of sp³-hybridized carbons (Fsp3) is 0.800. The summed E-state index contributed by atoms with van der Waals surface area (Å²) >= 11 is 0. The lowest BCUT2D eigenvalue weighted by Crippen LogP contribution is -2.42. The minimum atomic E-state index is -4.51. The van der Waals surface area contributed by atoms with Gasteiger partial charge in [-0.05, 0) is 20.8 Å². The van der Waals surface area contributed by atoms with Crippen molar-refractivity contribution in [2.75, 3.05) is 13.3 Å². The van der Waals surface area contributed by atoms with Crippen molar-refractivity contribution in [3.63, 3.8) is 0 Å². The Morgan fingerprint density at radius 1 is 1.22 bits per heavy atom. The summed E-state index contributed by atoms with van der Waals surface area (Å²) in [4.78, 5) is 21.4. The molecule has 0 aromatic carbocycles. The highest BCUT2D eigenvalue weighted by molar-refractivity contribution is 6.05. The number of carbonyl (C=O) groups is 2. The van der Waals surface area contributed by atoms with Crippen LogP contribution in [0.5, 0.6) is 0 Å². The number of hydrogen-bond donors (Lipinski definition) is 0. The summed E-state index contributed by atoms with van der Waals surface area (Å²) in [5.41, 5.74) is 0. The zero-order valence-corrected chi connectivity index (χ0v) is 10.2. The molecule has 0 aliphatic carbocycles. The van der Waals surface area contributed by atoms with Gasteiger partial charge in [-0.2, -0.15) is 8.78 Å². The fourth-order valence-corrected chi connectivity index (χ4v) is 0.994. The van der Waals surface area contributed by atoms with Gasteiger partial charge in [-0.1, -0.05) is 0 Å². The number of alkyl halides is 3. The number of ketones is 1. The first-order valence-corrected chi connectivity index (χ1v) is 5.20. The second-order valence-electron chi connectivity index (χ2n) is 3.26. The van der Waals surface area contributed by atoms with Crippen LogP contribution in [0.4, 0.5) is 13.2 Å². The number of rotatable bonds is 8. The van der Waals surface area contributed by atoms with Crippen molar-refractivity contribution in [3.05, 3.63) is 0 Å². The minimum absolute atomic E-state index is 0.318. The molecule has 0 rings (SSSR count). The van der Waals surface area contributed by atoms with Crippen molar-refractivity contribution in [1.82, 2.24) is 0 Å². The van der Waals surface area contributed by atoms with E-state index in [4.69, 9.17) is 9.47 Å². The van der Waals surface area contributed by atoms with Gasteiger partial charge in [-0.3, -0.25) is 4.79 Å². The van der Waals surface area contributed by atoms with E-state index in [1.807, 2.05) is 0 Å². The highest BCUT2D eigenvalue weighted by atomic mass is 19.3. The molecule has 0 heterocycles. The summed E-state index contributed by atoms with van der Waals surface area (Å²) < 4.78 is 51.6. The lowest BCUT2D eigenvalue weighted by molar-refractivity contribution is -0.238. The molecule has 0 amide bonds. The van der Waals surface area contributed by atoms with E-state index in [-0.39, 0.29) is 0 Å². The van der Waals surface area contributed by atoms with Crippen LogP contribution in [0.2, 0.25) is 0 Å². The second kappa shape index (κ2) is 7.32. The van der Waals surface area contributed by atoms with Crippen molar-refractivity contribution < 1.29 is 37.0 Å². The van der Waals surface area contributed by atoms with Crippen molar-refractivity contribution in [2.45, 2.75) is 39.3 Å². The number of halogens is 3. The average molecular weight is 272 g/mol. The maximum atomic E-state index is 12.9. The van der Waals surface area contributed by atoms with Gasteiger partial charge in [0.2, 0.25) is 12.1 Å². The van der Waals surface area contributed by atoms with Crippen LogP contribution in [-0.2, 0) is 23.8 Å². The highest BCUT2D eigenvalue weighted by Gasteiger charge is 2.49. The van der Waals surface area contributed by atoms with E-state index in [2.05, 4.69) is 4.74 Å². The van der Waals surface area contributed by atoms with Crippen molar-refractivity contribution in [2.24, 2.45) is 0 Å². The molecule has 106 valence electrons. The maximum Gasteiger partial charge on any atom is 0.402 e. The number of ether oxygens (including phenoxy) is 3. The molecule has 5 nitrogen and oxygen atoms in total. The second-order valence-corrected chi connectivity index (χ2v) is 3.26. The summed E-state index contributed by atoms with van der Waals surface area (Å²) in [6.45, 7) is 2.69. The number of hydrogen-bond acceptors (Lipinski definition) is 5. The normalized spacial score (nSPS) is 15.0. The Balaban J connectivity index is 4.34. The molecule has 0 saturated carbocycles. The van der Waals surface area contributed by atoms with Crippen LogP contribution in [-0.4, -0.2) is 43.5 Å². The van der Waals surface area contributed by atoms with Crippen LogP contribution < -0.4 is 0 Å². The molecule has 18 heavy (non-hydrogen) atoms. The molecule has 2 unspecified atom stereocenters. The Labute approximate surface area is 102 Å². The van der Waals surface area contributed by atoms with Gasteiger partial charge in [0.1, 0.15) is 0 Å². The first kappa shape index (κ1) is 16.9. The molecule has 0 saturated heterocycles. The molecule has 0 aliphatic heterocycles. The molecule has 0 N–H and O–H groups in total. The molecule has 0 aromatic rings. The monoisotopic (exact) mass is 272 g/mol. The molecule has 8 heteroatoms. The van der Waals surface area contributed by atoms with Gasteiger partial charge in [0.25, 0.3) is 0 Å². The van der Waals surface area contributed by atoms with Gasteiger partial charge in [0.05, 0.1) is 0 Å². The van der Waals surface area contributed by atoms with Gasteiger partial charge >= 0.3 is 11.9 Å². The van der Waals surface area contributed by atoms with Crippen molar-refractivity contribution >= 4 is 11.8 Å². The third kappa shape index (κ3) is 5.01. The Morgan fingerprint density at radius 2 is 1.78 bits per heavy atom. The summed E-state index contributed by atoms with van der Waals surface area (Å²) in [5.74, 6) is -8.82. The topological polar surface area (TPSA) is 61.8 Å². The van der Waals surface area contributed by atoms with Gasteiger partial charge in [-0.15, -0.1) is 0 Å². The SMILES string of the molecule is CCOC(C)OC(C)OC(=O)C(F)(F)C(=O)CF. The van der Waals surface area contributed by atoms with Gasteiger partial charge in [-0.25, -0.2) is 9.18 Å². The largest absolute Gasteiger partial charge is 0.431 e. The Bertz CT molecular complexity index is 295. The van der Waals surface area contributed by atoms with Crippen LogP contribution in [0.25, 0.3) is 0 Å².